The standard InChI is InChI=1S/C13H17N3O3S/c1-8(2)14-12(18)13(19)16-15-11(17)9-4-6-10(20-3)7-5-9/h4-8H,1-3H3,(H,14,18)(H,15,17)(H,16,19). The van der Waals surface area contributed by atoms with Gasteiger partial charge in [0.05, 0.1) is 0 Å². The van der Waals surface area contributed by atoms with Gasteiger partial charge in [0, 0.05) is 16.5 Å². The zero-order valence-corrected chi connectivity index (χ0v) is 12.3. The van der Waals surface area contributed by atoms with Crippen molar-refractivity contribution in [1.82, 2.24) is 16.2 Å². The van der Waals surface area contributed by atoms with Crippen LogP contribution >= 0.6 is 11.8 Å². The van der Waals surface area contributed by atoms with E-state index < -0.39 is 17.7 Å². The second-order valence-corrected chi connectivity index (χ2v) is 5.14. The lowest BCUT2D eigenvalue weighted by atomic mass is 10.2. The van der Waals surface area contributed by atoms with Gasteiger partial charge in [-0.3, -0.25) is 25.2 Å². The first kappa shape index (κ1) is 16.0. The molecule has 6 nitrogen and oxygen atoms in total. The molecule has 0 unspecified atom stereocenters. The molecule has 3 N–H and O–H groups in total. The molecule has 0 bridgehead atoms. The molecule has 0 fully saturated rings. The summed E-state index contributed by atoms with van der Waals surface area (Å²) >= 11 is 1.56. The molecule has 0 spiro atoms. The molecule has 7 heteroatoms. The summed E-state index contributed by atoms with van der Waals surface area (Å²) in [5.41, 5.74) is 4.64. The SMILES string of the molecule is CSc1ccc(C(=O)NNC(=O)C(=O)NC(C)C)cc1. The van der Waals surface area contributed by atoms with Crippen molar-refractivity contribution in [3.63, 3.8) is 0 Å². The lowest BCUT2D eigenvalue weighted by Gasteiger charge is -2.09. The third-order valence-corrected chi connectivity index (χ3v) is 3.01. The van der Waals surface area contributed by atoms with E-state index in [1.165, 1.54) is 0 Å². The Balaban J connectivity index is 2.50. The summed E-state index contributed by atoms with van der Waals surface area (Å²) < 4.78 is 0. The van der Waals surface area contributed by atoms with E-state index in [4.69, 9.17) is 0 Å². The third-order valence-electron chi connectivity index (χ3n) is 2.27. The summed E-state index contributed by atoms with van der Waals surface area (Å²) in [6.45, 7) is 3.47. The normalized spacial score (nSPS) is 10.0. The fourth-order valence-corrected chi connectivity index (χ4v) is 1.72. The molecule has 0 saturated carbocycles. The van der Waals surface area contributed by atoms with Crippen LogP contribution in [0.1, 0.15) is 24.2 Å². The molecule has 1 rings (SSSR count). The van der Waals surface area contributed by atoms with Crippen LogP contribution in [-0.4, -0.2) is 30.0 Å². The van der Waals surface area contributed by atoms with Gasteiger partial charge in [0.2, 0.25) is 0 Å². The van der Waals surface area contributed by atoms with E-state index in [9.17, 15) is 14.4 Å². The van der Waals surface area contributed by atoms with Crippen LogP contribution in [0.5, 0.6) is 0 Å². The molecule has 20 heavy (non-hydrogen) atoms. The molecule has 0 aromatic heterocycles. The summed E-state index contributed by atoms with van der Waals surface area (Å²) in [6.07, 6.45) is 1.93. The van der Waals surface area contributed by atoms with Gasteiger partial charge in [-0.1, -0.05) is 0 Å². The highest BCUT2D eigenvalue weighted by atomic mass is 32.2. The Hall–Kier alpha value is -2.02. The van der Waals surface area contributed by atoms with Crippen molar-refractivity contribution < 1.29 is 14.4 Å². The van der Waals surface area contributed by atoms with Gasteiger partial charge < -0.3 is 5.32 Å². The molecule has 0 atom stereocenters. The quantitative estimate of drug-likeness (QED) is 0.435. The van der Waals surface area contributed by atoms with E-state index in [-0.39, 0.29) is 6.04 Å². The molecule has 0 heterocycles. The van der Waals surface area contributed by atoms with E-state index in [2.05, 4.69) is 16.2 Å². The fourth-order valence-electron chi connectivity index (χ4n) is 1.31. The Bertz CT molecular complexity index is 500. The van der Waals surface area contributed by atoms with Crippen molar-refractivity contribution in [2.75, 3.05) is 6.26 Å². The van der Waals surface area contributed by atoms with E-state index in [0.717, 1.165) is 4.90 Å². The molecule has 108 valence electrons. The van der Waals surface area contributed by atoms with Crippen molar-refractivity contribution in [3.8, 4) is 0 Å². The van der Waals surface area contributed by atoms with Gasteiger partial charge in [0.1, 0.15) is 0 Å². The van der Waals surface area contributed by atoms with Gasteiger partial charge in [-0.25, -0.2) is 0 Å². The van der Waals surface area contributed by atoms with Crippen LogP contribution in [-0.2, 0) is 9.59 Å². The number of thioether (sulfide) groups is 1. The first-order chi connectivity index (χ1) is 9.43. The monoisotopic (exact) mass is 295 g/mol. The van der Waals surface area contributed by atoms with Crippen molar-refractivity contribution in [3.05, 3.63) is 29.8 Å². The van der Waals surface area contributed by atoms with Gasteiger partial charge in [-0.05, 0) is 44.4 Å². The zero-order chi connectivity index (χ0) is 15.1. The number of hydrogen-bond donors (Lipinski definition) is 3. The van der Waals surface area contributed by atoms with E-state index >= 15 is 0 Å². The van der Waals surface area contributed by atoms with Gasteiger partial charge in [-0.15, -0.1) is 11.8 Å². The van der Waals surface area contributed by atoms with Crippen LogP contribution in [0.3, 0.4) is 0 Å². The maximum atomic E-state index is 11.7. The van der Waals surface area contributed by atoms with Crippen LogP contribution in [0.25, 0.3) is 0 Å². The maximum absolute atomic E-state index is 11.7. The Morgan fingerprint density at radius 3 is 2.10 bits per heavy atom. The van der Waals surface area contributed by atoms with Gasteiger partial charge in [-0.2, -0.15) is 0 Å². The van der Waals surface area contributed by atoms with Crippen LogP contribution < -0.4 is 16.2 Å². The molecule has 1 aromatic carbocycles. The molecular weight excluding hydrogens is 278 g/mol. The second-order valence-electron chi connectivity index (χ2n) is 4.26. The lowest BCUT2D eigenvalue weighted by molar-refractivity contribution is -0.139. The number of hydrazine groups is 1. The molecule has 0 radical (unpaired) electrons. The average molecular weight is 295 g/mol. The molecule has 0 aliphatic rings. The molecule has 0 aliphatic carbocycles. The Labute approximate surface area is 121 Å². The maximum Gasteiger partial charge on any atom is 0.327 e. The Morgan fingerprint density at radius 1 is 1.00 bits per heavy atom. The average Bonchev–Trinajstić information content (AvgIpc) is 2.43. The van der Waals surface area contributed by atoms with Gasteiger partial charge in [0.25, 0.3) is 5.91 Å². The number of nitrogens with one attached hydrogen (secondary N) is 3. The number of carbonyl (C=O) groups excluding carboxylic acids is 3. The highest BCUT2D eigenvalue weighted by molar-refractivity contribution is 7.98. The van der Waals surface area contributed by atoms with Crippen molar-refractivity contribution in [1.29, 1.82) is 0 Å². The minimum atomic E-state index is -0.909. The number of amides is 3. The third kappa shape index (κ3) is 4.93. The first-order valence-electron chi connectivity index (χ1n) is 5.99. The summed E-state index contributed by atoms with van der Waals surface area (Å²) in [6, 6.07) is 6.73. The zero-order valence-electron chi connectivity index (χ0n) is 11.5. The summed E-state index contributed by atoms with van der Waals surface area (Å²) in [5, 5.41) is 2.42. The van der Waals surface area contributed by atoms with Gasteiger partial charge in [0.15, 0.2) is 0 Å². The van der Waals surface area contributed by atoms with E-state index in [1.807, 2.05) is 6.26 Å². The van der Waals surface area contributed by atoms with Gasteiger partial charge >= 0.3 is 11.8 Å². The number of carbonyl (C=O) groups is 3. The fraction of sp³-hybridized carbons (Fsp3) is 0.308. The predicted octanol–water partition coefficient (Wildman–Crippen LogP) is 0.694. The van der Waals surface area contributed by atoms with Crippen molar-refractivity contribution >= 4 is 29.5 Å². The van der Waals surface area contributed by atoms with Crippen LogP contribution in [0.15, 0.2) is 29.2 Å². The van der Waals surface area contributed by atoms with Crippen LogP contribution in [0.2, 0.25) is 0 Å². The Kier molecular flexibility index (Phi) is 6.05. The first-order valence-corrected chi connectivity index (χ1v) is 7.21. The predicted molar refractivity (Wildman–Crippen MR) is 77.1 cm³/mol. The van der Waals surface area contributed by atoms with Crippen molar-refractivity contribution in [2.45, 2.75) is 24.8 Å². The topological polar surface area (TPSA) is 87.3 Å². The highest BCUT2D eigenvalue weighted by Gasteiger charge is 2.15. The summed E-state index contributed by atoms with van der Waals surface area (Å²) in [7, 11) is 0. The van der Waals surface area contributed by atoms with Crippen LogP contribution in [0, 0.1) is 0 Å². The second kappa shape index (κ2) is 7.54. The molecule has 1 aromatic rings. The summed E-state index contributed by atoms with van der Waals surface area (Å²) in [4.78, 5) is 35.4. The minimum Gasteiger partial charge on any atom is -0.346 e. The highest BCUT2D eigenvalue weighted by Crippen LogP contribution is 2.14. The molecule has 0 aliphatic heterocycles. The number of hydrogen-bond acceptors (Lipinski definition) is 4. The summed E-state index contributed by atoms with van der Waals surface area (Å²) in [5.74, 6) is -2.19. The van der Waals surface area contributed by atoms with Crippen molar-refractivity contribution in [2.24, 2.45) is 0 Å². The minimum absolute atomic E-state index is 0.150. The smallest absolute Gasteiger partial charge is 0.327 e. The Morgan fingerprint density at radius 2 is 1.60 bits per heavy atom. The largest absolute Gasteiger partial charge is 0.346 e. The molecule has 0 saturated heterocycles. The molecule has 3 amide bonds. The van der Waals surface area contributed by atoms with E-state index in [1.54, 1.807) is 49.9 Å². The lowest BCUT2D eigenvalue weighted by Crippen LogP contribution is -2.49. The molecular formula is C13H17N3O3S. The van der Waals surface area contributed by atoms with Crippen LogP contribution in [0.4, 0.5) is 0 Å². The number of rotatable bonds is 3. The van der Waals surface area contributed by atoms with E-state index in [0.29, 0.717) is 5.56 Å². The number of benzene rings is 1.